The van der Waals surface area contributed by atoms with E-state index >= 15 is 0 Å². The van der Waals surface area contributed by atoms with Crippen LogP contribution in [0.3, 0.4) is 0 Å². The quantitative estimate of drug-likeness (QED) is 0.879. The number of benzene rings is 1. The summed E-state index contributed by atoms with van der Waals surface area (Å²) in [6, 6.07) is 6.98. The maximum Gasteiger partial charge on any atom is 0.341 e. The Kier molecular flexibility index (Phi) is 4.01. The number of hydrogen-bond donors (Lipinski definition) is 2. The van der Waals surface area contributed by atoms with E-state index in [2.05, 4.69) is 0 Å². The van der Waals surface area contributed by atoms with Gasteiger partial charge in [0.15, 0.2) is 5.60 Å². The van der Waals surface area contributed by atoms with Crippen LogP contribution in [0.2, 0.25) is 0 Å². The number of aliphatic hydroxyl groups is 1. The molecule has 0 fully saturated rings. The SMILES string of the molecule is CC(O)C(C)OC1(C(=O)O)c2ccccc2OCC1C. The molecule has 1 aromatic rings. The molecule has 0 aromatic heterocycles. The minimum absolute atomic E-state index is 0.260. The fourth-order valence-corrected chi connectivity index (χ4v) is 2.44. The molecule has 110 valence electrons. The van der Waals surface area contributed by atoms with Crippen molar-refractivity contribution in [2.75, 3.05) is 6.61 Å². The Balaban J connectivity index is 2.53. The molecule has 5 heteroatoms. The minimum Gasteiger partial charge on any atom is -0.493 e. The zero-order chi connectivity index (χ0) is 14.9. The molecule has 0 saturated carbocycles. The Bertz CT molecular complexity index is 499. The van der Waals surface area contributed by atoms with Crippen LogP contribution in [-0.2, 0) is 15.1 Å². The number of carbonyl (C=O) groups is 1. The maximum atomic E-state index is 11.9. The first-order chi connectivity index (χ1) is 9.39. The highest BCUT2D eigenvalue weighted by Gasteiger charge is 2.52. The molecule has 1 aromatic carbocycles. The molecule has 0 bridgehead atoms. The second-order valence-electron chi connectivity index (χ2n) is 5.31. The smallest absolute Gasteiger partial charge is 0.341 e. The maximum absolute atomic E-state index is 11.9. The normalized spacial score (nSPS) is 28.1. The number of carboxylic acid groups (broad SMARTS) is 1. The van der Waals surface area contributed by atoms with E-state index in [0.717, 1.165) is 0 Å². The zero-order valence-corrected chi connectivity index (χ0v) is 11.9. The number of carboxylic acids is 1. The van der Waals surface area contributed by atoms with E-state index < -0.39 is 23.8 Å². The van der Waals surface area contributed by atoms with Crippen LogP contribution in [-0.4, -0.2) is 35.0 Å². The van der Waals surface area contributed by atoms with Gasteiger partial charge in [-0.2, -0.15) is 0 Å². The van der Waals surface area contributed by atoms with E-state index in [-0.39, 0.29) is 12.5 Å². The van der Waals surface area contributed by atoms with Crippen molar-refractivity contribution in [2.24, 2.45) is 5.92 Å². The number of aliphatic hydroxyl groups excluding tert-OH is 1. The summed E-state index contributed by atoms with van der Waals surface area (Å²) in [6.07, 6.45) is -1.35. The summed E-state index contributed by atoms with van der Waals surface area (Å²) in [4.78, 5) is 11.9. The molecule has 20 heavy (non-hydrogen) atoms. The highest BCUT2D eigenvalue weighted by Crippen LogP contribution is 2.44. The van der Waals surface area contributed by atoms with Crippen LogP contribution in [0, 0.1) is 5.92 Å². The molecule has 4 atom stereocenters. The molecule has 2 N–H and O–H groups in total. The van der Waals surface area contributed by atoms with Gasteiger partial charge in [0, 0.05) is 11.5 Å². The molecule has 5 nitrogen and oxygen atoms in total. The Morgan fingerprint density at radius 3 is 2.70 bits per heavy atom. The van der Waals surface area contributed by atoms with Crippen molar-refractivity contribution in [3.05, 3.63) is 29.8 Å². The third-order valence-corrected chi connectivity index (χ3v) is 3.84. The molecule has 4 unspecified atom stereocenters. The molecule has 0 amide bonds. The van der Waals surface area contributed by atoms with Crippen LogP contribution in [0.4, 0.5) is 0 Å². The summed E-state index contributed by atoms with van der Waals surface area (Å²) in [6.45, 7) is 5.28. The first kappa shape index (κ1) is 14.8. The number of aliphatic carboxylic acids is 1. The van der Waals surface area contributed by atoms with Gasteiger partial charge < -0.3 is 19.7 Å². The molecule has 0 aliphatic carbocycles. The summed E-state index contributed by atoms with van der Waals surface area (Å²) in [7, 11) is 0. The van der Waals surface area contributed by atoms with E-state index in [1.165, 1.54) is 0 Å². The lowest BCUT2D eigenvalue weighted by Crippen LogP contribution is -2.52. The lowest BCUT2D eigenvalue weighted by atomic mass is 9.80. The molecule has 0 saturated heterocycles. The van der Waals surface area contributed by atoms with Crippen molar-refractivity contribution in [3.63, 3.8) is 0 Å². The van der Waals surface area contributed by atoms with Crippen molar-refractivity contribution in [1.29, 1.82) is 0 Å². The highest BCUT2D eigenvalue weighted by atomic mass is 16.6. The van der Waals surface area contributed by atoms with Crippen molar-refractivity contribution in [2.45, 2.75) is 38.6 Å². The Morgan fingerprint density at radius 2 is 2.10 bits per heavy atom. The van der Waals surface area contributed by atoms with E-state index in [1.807, 2.05) is 0 Å². The Morgan fingerprint density at radius 1 is 1.45 bits per heavy atom. The molecule has 1 aliphatic rings. The van der Waals surface area contributed by atoms with E-state index in [1.54, 1.807) is 45.0 Å². The van der Waals surface area contributed by atoms with Gasteiger partial charge in [-0.3, -0.25) is 0 Å². The monoisotopic (exact) mass is 280 g/mol. The summed E-state index contributed by atoms with van der Waals surface area (Å²) in [5.41, 5.74) is -0.996. The minimum atomic E-state index is -1.49. The van der Waals surface area contributed by atoms with Gasteiger partial charge in [-0.1, -0.05) is 25.1 Å². The van der Waals surface area contributed by atoms with Crippen molar-refractivity contribution in [3.8, 4) is 5.75 Å². The van der Waals surface area contributed by atoms with Crippen LogP contribution < -0.4 is 4.74 Å². The average Bonchev–Trinajstić information content (AvgIpc) is 2.41. The molecular formula is C15H20O5. The lowest BCUT2D eigenvalue weighted by molar-refractivity contribution is -0.200. The molecule has 0 spiro atoms. The molecular weight excluding hydrogens is 260 g/mol. The van der Waals surface area contributed by atoms with Crippen LogP contribution in [0.1, 0.15) is 26.3 Å². The van der Waals surface area contributed by atoms with E-state index in [0.29, 0.717) is 11.3 Å². The average molecular weight is 280 g/mol. The first-order valence-electron chi connectivity index (χ1n) is 6.71. The first-order valence-corrected chi connectivity index (χ1v) is 6.71. The van der Waals surface area contributed by atoms with Gasteiger partial charge in [-0.15, -0.1) is 0 Å². The standard InChI is InChI=1S/C15H20O5/c1-9-8-19-13-7-5-4-6-12(13)15(9,14(17)18)20-11(3)10(2)16/h4-7,9-11,16H,8H2,1-3H3,(H,17,18). The number of para-hydroxylation sites is 1. The number of ether oxygens (including phenoxy) is 2. The molecule has 1 aliphatic heterocycles. The topological polar surface area (TPSA) is 76.0 Å². The predicted molar refractivity (Wildman–Crippen MR) is 72.6 cm³/mol. The van der Waals surface area contributed by atoms with Gasteiger partial charge in [0.25, 0.3) is 0 Å². The van der Waals surface area contributed by atoms with Crippen molar-refractivity contribution < 1.29 is 24.5 Å². The Hall–Kier alpha value is -1.59. The third kappa shape index (κ3) is 2.27. The summed E-state index contributed by atoms with van der Waals surface area (Å²) >= 11 is 0. The number of rotatable bonds is 4. The zero-order valence-electron chi connectivity index (χ0n) is 11.9. The molecule has 2 rings (SSSR count). The summed E-state index contributed by atoms with van der Waals surface area (Å²) in [5, 5.41) is 19.4. The predicted octanol–water partition coefficient (Wildman–Crippen LogP) is 1.78. The van der Waals surface area contributed by atoms with Crippen LogP contribution in [0.15, 0.2) is 24.3 Å². The van der Waals surface area contributed by atoms with E-state index in [9.17, 15) is 15.0 Å². The molecule has 1 heterocycles. The lowest BCUT2D eigenvalue weighted by Gasteiger charge is -2.42. The Labute approximate surface area is 118 Å². The second kappa shape index (κ2) is 5.42. The summed E-state index contributed by atoms with van der Waals surface area (Å²) < 4.78 is 11.4. The van der Waals surface area contributed by atoms with Gasteiger partial charge in [0.1, 0.15) is 5.75 Å². The van der Waals surface area contributed by atoms with Gasteiger partial charge in [0.05, 0.1) is 18.8 Å². The van der Waals surface area contributed by atoms with E-state index in [4.69, 9.17) is 9.47 Å². The number of hydrogen-bond acceptors (Lipinski definition) is 4. The summed E-state index contributed by atoms with van der Waals surface area (Å²) in [5.74, 6) is -0.907. The van der Waals surface area contributed by atoms with Gasteiger partial charge in [-0.05, 0) is 19.9 Å². The fraction of sp³-hybridized carbons (Fsp3) is 0.533. The van der Waals surface area contributed by atoms with Crippen LogP contribution in [0.5, 0.6) is 5.75 Å². The fourth-order valence-electron chi connectivity index (χ4n) is 2.44. The van der Waals surface area contributed by atoms with Crippen LogP contribution in [0.25, 0.3) is 0 Å². The van der Waals surface area contributed by atoms with Crippen molar-refractivity contribution >= 4 is 5.97 Å². The number of fused-ring (bicyclic) bond motifs is 1. The van der Waals surface area contributed by atoms with Gasteiger partial charge in [0.2, 0.25) is 0 Å². The third-order valence-electron chi connectivity index (χ3n) is 3.84. The second-order valence-corrected chi connectivity index (χ2v) is 5.31. The molecule has 0 radical (unpaired) electrons. The van der Waals surface area contributed by atoms with Crippen LogP contribution >= 0.6 is 0 Å². The highest BCUT2D eigenvalue weighted by molar-refractivity contribution is 5.81. The van der Waals surface area contributed by atoms with Gasteiger partial charge >= 0.3 is 5.97 Å². The van der Waals surface area contributed by atoms with Gasteiger partial charge in [-0.25, -0.2) is 4.79 Å². The largest absolute Gasteiger partial charge is 0.493 e. The van der Waals surface area contributed by atoms with Crippen molar-refractivity contribution in [1.82, 2.24) is 0 Å².